The first-order chi connectivity index (χ1) is 13.9. The summed E-state index contributed by atoms with van der Waals surface area (Å²) in [4.78, 5) is 21.4. The number of carbonyl (C=O) groups is 1. The number of nitrogens with one attached hydrogen (secondary N) is 1. The highest BCUT2D eigenvalue weighted by Gasteiger charge is 2.34. The number of pyridine rings is 1. The summed E-state index contributed by atoms with van der Waals surface area (Å²) in [5.41, 5.74) is 0. The van der Waals surface area contributed by atoms with E-state index in [4.69, 9.17) is 11.6 Å². The average Bonchev–Trinajstić information content (AvgIpc) is 2.67. The van der Waals surface area contributed by atoms with Gasteiger partial charge >= 0.3 is 0 Å². The molecule has 0 spiro atoms. The van der Waals surface area contributed by atoms with Crippen molar-refractivity contribution in [3.63, 3.8) is 0 Å². The van der Waals surface area contributed by atoms with E-state index in [1.807, 2.05) is 4.90 Å². The minimum absolute atomic E-state index is 0.0169. The molecule has 1 amide bonds. The van der Waals surface area contributed by atoms with E-state index in [-0.39, 0.29) is 27.9 Å². The molecule has 1 aromatic heterocycles. The SMILES string of the molecule is O=C(C1CCC(NS(=O)(=O)c2ccc(Cl)nc2)CC1)N1CCN(C2CCC2)CC1. The molecule has 1 N–H and O–H groups in total. The van der Waals surface area contributed by atoms with Crippen molar-refractivity contribution in [1.29, 1.82) is 0 Å². The average molecular weight is 441 g/mol. The van der Waals surface area contributed by atoms with Gasteiger partial charge in [0.1, 0.15) is 10.0 Å². The largest absolute Gasteiger partial charge is 0.340 e. The fraction of sp³-hybridized carbons (Fsp3) is 0.700. The Morgan fingerprint density at radius 3 is 2.28 bits per heavy atom. The van der Waals surface area contributed by atoms with Crippen LogP contribution in [0.15, 0.2) is 23.2 Å². The van der Waals surface area contributed by atoms with E-state index in [1.54, 1.807) is 0 Å². The van der Waals surface area contributed by atoms with Crippen LogP contribution in [0.1, 0.15) is 44.9 Å². The highest BCUT2D eigenvalue weighted by Crippen LogP contribution is 2.29. The number of hydrogen-bond acceptors (Lipinski definition) is 5. The number of piperazine rings is 1. The van der Waals surface area contributed by atoms with E-state index < -0.39 is 10.0 Å². The van der Waals surface area contributed by atoms with Crippen molar-refractivity contribution in [3.8, 4) is 0 Å². The summed E-state index contributed by atoms with van der Waals surface area (Å²) in [7, 11) is -3.62. The Morgan fingerprint density at radius 2 is 1.72 bits per heavy atom. The maximum Gasteiger partial charge on any atom is 0.242 e. The topological polar surface area (TPSA) is 82.6 Å². The van der Waals surface area contributed by atoms with Crippen LogP contribution in [0.25, 0.3) is 0 Å². The molecule has 29 heavy (non-hydrogen) atoms. The lowest BCUT2D eigenvalue weighted by Crippen LogP contribution is -2.54. The maximum absolute atomic E-state index is 12.9. The molecule has 0 bridgehead atoms. The Bertz CT molecular complexity index is 813. The molecule has 4 rings (SSSR count). The van der Waals surface area contributed by atoms with E-state index in [9.17, 15) is 13.2 Å². The molecule has 160 valence electrons. The number of rotatable bonds is 5. The van der Waals surface area contributed by atoms with Gasteiger partial charge < -0.3 is 4.90 Å². The summed E-state index contributed by atoms with van der Waals surface area (Å²) >= 11 is 5.73. The third-order valence-corrected chi connectivity index (χ3v) is 8.36. The van der Waals surface area contributed by atoms with Crippen molar-refractivity contribution in [2.45, 2.75) is 61.9 Å². The van der Waals surface area contributed by atoms with Crippen LogP contribution in [0.5, 0.6) is 0 Å². The van der Waals surface area contributed by atoms with Crippen molar-refractivity contribution in [2.75, 3.05) is 26.2 Å². The van der Waals surface area contributed by atoms with Crippen molar-refractivity contribution in [3.05, 3.63) is 23.5 Å². The first-order valence-corrected chi connectivity index (χ1v) is 12.5. The van der Waals surface area contributed by atoms with Gasteiger partial charge in [0.2, 0.25) is 15.9 Å². The standard InChI is InChI=1S/C20H29ClN4O3S/c21-19-9-8-18(14-22-19)29(27,28)23-16-6-4-15(5-7-16)20(26)25-12-10-24(11-13-25)17-2-1-3-17/h8-9,14-17,23H,1-7,10-13H2. The van der Waals surface area contributed by atoms with E-state index in [1.165, 1.54) is 37.6 Å². The molecule has 1 aromatic rings. The molecule has 3 fully saturated rings. The Balaban J connectivity index is 1.25. The molecule has 2 saturated carbocycles. The molecule has 2 aliphatic carbocycles. The van der Waals surface area contributed by atoms with Gasteiger partial charge in [-0.15, -0.1) is 0 Å². The minimum Gasteiger partial charge on any atom is -0.340 e. The van der Waals surface area contributed by atoms with Gasteiger partial charge in [-0.05, 0) is 50.7 Å². The van der Waals surface area contributed by atoms with Crippen LogP contribution in [0, 0.1) is 5.92 Å². The van der Waals surface area contributed by atoms with E-state index >= 15 is 0 Å². The van der Waals surface area contributed by atoms with Crippen molar-refractivity contribution in [1.82, 2.24) is 19.5 Å². The summed E-state index contributed by atoms with van der Waals surface area (Å²) < 4.78 is 27.8. The fourth-order valence-corrected chi connectivity index (χ4v) is 5.95. The van der Waals surface area contributed by atoms with Crippen LogP contribution >= 0.6 is 11.6 Å². The first kappa shape index (κ1) is 21.0. The molecule has 1 saturated heterocycles. The van der Waals surface area contributed by atoms with Gasteiger partial charge in [0.05, 0.1) is 0 Å². The summed E-state index contributed by atoms with van der Waals surface area (Å²) in [5.74, 6) is 0.268. The second-order valence-electron chi connectivity index (χ2n) is 8.43. The fourth-order valence-electron chi connectivity index (χ4n) is 4.58. The molecule has 1 aliphatic heterocycles. The van der Waals surface area contributed by atoms with Gasteiger partial charge in [0.25, 0.3) is 0 Å². The Kier molecular flexibility index (Phi) is 6.44. The van der Waals surface area contributed by atoms with E-state index in [0.29, 0.717) is 12.8 Å². The third kappa shape index (κ3) is 4.93. The van der Waals surface area contributed by atoms with Crippen LogP contribution in [0.2, 0.25) is 5.15 Å². The van der Waals surface area contributed by atoms with Crippen LogP contribution in [-0.4, -0.2) is 67.4 Å². The van der Waals surface area contributed by atoms with Crippen LogP contribution in [-0.2, 0) is 14.8 Å². The lowest BCUT2D eigenvalue weighted by Gasteiger charge is -2.44. The quantitative estimate of drug-likeness (QED) is 0.710. The predicted octanol–water partition coefficient (Wildman–Crippen LogP) is 2.27. The summed E-state index contributed by atoms with van der Waals surface area (Å²) in [6.45, 7) is 3.62. The zero-order valence-electron chi connectivity index (χ0n) is 16.6. The van der Waals surface area contributed by atoms with Gasteiger partial charge in [-0.3, -0.25) is 9.69 Å². The molecule has 7 nitrogen and oxygen atoms in total. The molecule has 0 unspecified atom stereocenters. The molecule has 0 radical (unpaired) electrons. The zero-order chi connectivity index (χ0) is 20.4. The van der Waals surface area contributed by atoms with Gasteiger partial charge in [-0.1, -0.05) is 18.0 Å². The Morgan fingerprint density at radius 1 is 1.03 bits per heavy atom. The Labute approximate surface area is 177 Å². The molecule has 9 heteroatoms. The number of nitrogens with zero attached hydrogens (tertiary/aromatic N) is 3. The number of aromatic nitrogens is 1. The van der Waals surface area contributed by atoms with Crippen molar-refractivity contribution >= 4 is 27.5 Å². The third-order valence-electron chi connectivity index (χ3n) is 6.63. The van der Waals surface area contributed by atoms with E-state index in [2.05, 4.69) is 14.6 Å². The summed E-state index contributed by atoms with van der Waals surface area (Å²) in [6, 6.07) is 3.52. The summed E-state index contributed by atoms with van der Waals surface area (Å²) in [5, 5.41) is 0.261. The molecule has 2 heterocycles. The number of carbonyl (C=O) groups excluding carboxylic acids is 1. The summed E-state index contributed by atoms with van der Waals surface area (Å²) in [6.07, 6.45) is 8.03. The van der Waals surface area contributed by atoms with Crippen molar-refractivity contribution < 1.29 is 13.2 Å². The smallest absolute Gasteiger partial charge is 0.242 e. The highest BCUT2D eigenvalue weighted by atomic mass is 35.5. The Hall–Kier alpha value is -1.22. The monoisotopic (exact) mass is 440 g/mol. The lowest BCUT2D eigenvalue weighted by atomic mass is 9.85. The molecular weight excluding hydrogens is 412 g/mol. The number of hydrogen-bond donors (Lipinski definition) is 1. The lowest BCUT2D eigenvalue weighted by molar-refractivity contribution is -0.139. The highest BCUT2D eigenvalue weighted by molar-refractivity contribution is 7.89. The number of sulfonamides is 1. The number of amides is 1. The molecule has 3 aliphatic rings. The normalized spacial score (nSPS) is 26.9. The first-order valence-electron chi connectivity index (χ1n) is 10.6. The van der Waals surface area contributed by atoms with Gasteiger partial charge in [0, 0.05) is 50.4 Å². The second kappa shape index (κ2) is 8.88. The molecular formula is C20H29ClN4O3S. The van der Waals surface area contributed by atoms with Crippen LogP contribution < -0.4 is 4.72 Å². The van der Waals surface area contributed by atoms with Gasteiger partial charge in [-0.2, -0.15) is 0 Å². The predicted molar refractivity (Wildman–Crippen MR) is 111 cm³/mol. The van der Waals surface area contributed by atoms with Crippen LogP contribution in [0.4, 0.5) is 0 Å². The molecule has 0 aromatic carbocycles. The van der Waals surface area contributed by atoms with E-state index in [0.717, 1.165) is 45.1 Å². The zero-order valence-corrected chi connectivity index (χ0v) is 18.2. The van der Waals surface area contributed by atoms with Gasteiger partial charge in [0.15, 0.2) is 0 Å². The molecule has 0 atom stereocenters. The number of halogens is 1. The maximum atomic E-state index is 12.9. The van der Waals surface area contributed by atoms with Crippen molar-refractivity contribution in [2.24, 2.45) is 5.92 Å². The minimum atomic E-state index is -3.62. The second-order valence-corrected chi connectivity index (χ2v) is 10.5. The van der Waals surface area contributed by atoms with Crippen LogP contribution in [0.3, 0.4) is 0 Å². The van der Waals surface area contributed by atoms with Gasteiger partial charge in [-0.25, -0.2) is 18.1 Å².